The van der Waals surface area contributed by atoms with Gasteiger partial charge < -0.3 is 15.2 Å². The lowest BCUT2D eigenvalue weighted by Gasteiger charge is -2.26. The maximum absolute atomic E-state index is 12.6. The number of morpholine rings is 1. The molecular formula is C15H22N2O5S. The summed E-state index contributed by atoms with van der Waals surface area (Å²) < 4.78 is 31.7. The first-order valence-corrected chi connectivity index (χ1v) is 9.02. The molecule has 2 N–H and O–H groups in total. The lowest BCUT2D eigenvalue weighted by molar-refractivity contribution is 0.0730. The maximum atomic E-state index is 12.6. The van der Waals surface area contributed by atoms with Gasteiger partial charge in [-0.1, -0.05) is 13.0 Å². The van der Waals surface area contributed by atoms with Crippen molar-refractivity contribution in [1.29, 1.82) is 0 Å². The summed E-state index contributed by atoms with van der Waals surface area (Å²) in [7, 11) is -3.63. The number of sulfonamides is 1. The second-order valence-corrected chi connectivity index (χ2v) is 7.24. The Morgan fingerprint density at radius 2 is 2.09 bits per heavy atom. The first kappa shape index (κ1) is 17.9. The van der Waals surface area contributed by atoms with E-state index in [0.717, 1.165) is 0 Å². The van der Waals surface area contributed by atoms with Crippen LogP contribution in [0.1, 0.15) is 23.7 Å². The van der Waals surface area contributed by atoms with Crippen LogP contribution in [0.15, 0.2) is 29.2 Å². The molecule has 1 heterocycles. The van der Waals surface area contributed by atoms with Gasteiger partial charge in [0.1, 0.15) is 0 Å². The molecule has 1 amide bonds. The standard InChI is InChI=1S/C15H22N2O5S/c1-2-13(11-18)16-15(19)12-4-3-5-14(10-12)23(20,21)17-6-8-22-9-7-17/h3-5,10,13,18H,2,6-9,11H2,1H3,(H,16,19)/t13-/m0/s1. The van der Waals surface area contributed by atoms with E-state index < -0.39 is 15.9 Å². The quantitative estimate of drug-likeness (QED) is 0.770. The summed E-state index contributed by atoms with van der Waals surface area (Å²) in [6.45, 7) is 3.04. The third-order valence-corrected chi connectivity index (χ3v) is 5.65. The first-order valence-electron chi connectivity index (χ1n) is 7.58. The number of hydrogen-bond acceptors (Lipinski definition) is 5. The van der Waals surface area contributed by atoms with Crippen LogP contribution in [0.5, 0.6) is 0 Å². The van der Waals surface area contributed by atoms with E-state index in [1.165, 1.54) is 16.4 Å². The zero-order valence-electron chi connectivity index (χ0n) is 13.1. The van der Waals surface area contributed by atoms with E-state index >= 15 is 0 Å². The minimum absolute atomic E-state index is 0.0871. The second-order valence-electron chi connectivity index (χ2n) is 5.31. The Kier molecular flexibility index (Phi) is 6.11. The third-order valence-electron chi connectivity index (χ3n) is 3.75. The molecule has 0 aromatic heterocycles. The number of nitrogens with zero attached hydrogens (tertiary/aromatic N) is 1. The van der Waals surface area contributed by atoms with Crippen molar-refractivity contribution in [3.8, 4) is 0 Å². The number of benzene rings is 1. The minimum Gasteiger partial charge on any atom is -0.394 e. The smallest absolute Gasteiger partial charge is 0.251 e. The minimum atomic E-state index is -3.63. The Morgan fingerprint density at radius 1 is 1.39 bits per heavy atom. The molecule has 2 rings (SSSR count). The lowest BCUT2D eigenvalue weighted by Crippen LogP contribution is -2.40. The maximum Gasteiger partial charge on any atom is 0.251 e. The van der Waals surface area contributed by atoms with Crippen LogP contribution in [0.2, 0.25) is 0 Å². The topological polar surface area (TPSA) is 95.9 Å². The van der Waals surface area contributed by atoms with Gasteiger partial charge in [0.05, 0.1) is 30.8 Å². The average Bonchev–Trinajstić information content (AvgIpc) is 2.60. The fourth-order valence-corrected chi connectivity index (χ4v) is 3.73. The third kappa shape index (κ3) is 4.29. The van der Waals surface area contributed by atoms with Crippen molar-refractivity contribution in [2.24, 2.45) is 0 Å². The summed E-state index contributed by atoms with van der Waals surface area (Å²) in [5.74, 6) is -0.398. The van der Waals surface area contributed by atoms with E-state index in [4.69, 9.17) is 9.84 Å². The van der Waals surface area contributed by atoms with Crippen molar-refractivity contribution < 1.29 is 23.1 Å². The molecule has 7 nitrogen and oxygen atoms in total. The molecular weight excluding hydrogens is 320 g/mol. The molecule has 128 valence electrons. The SMILES string of the molecule is CC[C@@H](CO)NC(=O)c1cccc(S(=O)(=O)N2CCOCC2)c1. The largest absolute Gasteiger partial charge is 0.394 e. The summed E-state index contributed by atoms with van der Waals surface area (Å²) in [4.78, 5) is 12.3. The van der Waals surface area contributed by atoms with E-state index in [-0.39, 0.29) is 23.1 Å². The fraction of sp³-hybridized carbons (Fsp3) is 0.533. The number of carbonyl (C=O) groups is 1. The van der Waals surface area contributed by atoms with Crippen LogP contribution in [-0.2, 0) is 14.8 Å². The van der Waals surface area contributed by atoms with Gasteiger partial charge in [-0.3, -0.25) is 4.79 Å². The Hall–Kier alpha value is -1.48. The summed E-state index contributed by atoms with van der Waals surface area (Å²) in [6.07, 6.45) is 0.591. The zero-order chi connectivity index (χ0) is 16.9. The van der Waals surface area contributed by atoms with Crippen LogP contribution >= 0.6 is 0 Å². The highest BCUT2D eigenvalue weighted by Crippen LogP contribution is 2.18. The van der Waals surface area contributed by atoms with Gasteiger partial charge in [-0.2, -0.15) is 4.31 Å². The highest BCUT2D eigenvalue weighted by atomic mass is 32.2. The Morgan fingerprint density at radius 3 is 2.70 bits per heavy atom. The number of nitrogens with one attached hydrogen (secondary N) is 1. The van der Waals surface area contributed by atoms with Crippen molar-refractivity contribution in [3.63, 3.8) is 0 Å². The summed E-state index contributed by atoms with van der Waals surface area (Å²) in [5.41, 5.74) is 0.256. The molecule has 0 unspecified atom stereocenters. The molecule has 0 saturated carbocycles. The van der Waals surface area contributed by atoms with Crippen LogP contribution in [0.25, 0.3) is 0 Å². The monoisotopic (exact) mass is 342 g/mol. The normalized spacial score (nSPS) is 17.7. The predicted octanol–water partition coefficient (Wildman–Crippen LogP) is 0.208. The van der Waals surface area contributed by atoms with Gasteiger partial charge in [-0.05, 0) is 24.6 Å². The lowest BCUT2D eigenvalue weighted by atomic mass is 10.2. The molecule has 1 aliphatic heterocycles. The van der Waals surface area contributed by atoms with Gasteiger partial charge in [-0.15, -0.1) is 0 Å². The van der Waals surface area contributed by atoms with E-state index in [2.05, 4.69) is 5.32 Å². The summed E-state index contributed by atoms with van der Waals surface area (Å²) in [5, 5.41) is 11.8. The Labute approximate surface area is 136 Å². The van der Waals surface area contributed by atoms with Crippen LogP contribution in [0, 0.1) is 0 Å². The second kappa shape index (κ2) is 7.87. The molecule has 0 aliphatic carbocycles. The molecule has 8 heteroatoms. The van der Waals surface area contributed by atoms with Crippen LogP contribution < -0.4 is 5.32 Å². The van der Waals surface area contributed by atoms with Crippen LogP contribution in [0.3, 0.4) is 0 Å². The molecule has 0 bridgehead atoms. The van der Waals surface area contributed by atoms with Crippen molar-refractivity contribution in [2.75, 3.05) is 32.9 Å². The van der Waals surface area contributed by atoms with E-state index in [9.17, 15) is 13.2 Å². The van der Waals surface area contributed by atoms with Gasteiger partial charge in [0, 0.05) is 18.7 Å². The average molecular weight is 342 g/mol. The molecule has 1 saturated heterocycles. The van der Waals surface area contributed by atoms with Gasteiger partial charge >= 0.3 is 0 Å². The van der Waals surface area contributed by atoms with Gasteiger partial charge in [0.15, 0.2) is 0 Å². The van der Waals surface area contributed by atoms with Crippen molar-refractivity contribution in [2.45, 2.75) is 24.3 Å². The molecule has 1 fully saturated rings. The van der Waals surface area contributed by atoms with E-state index in [1.54, 1.807) is 12.1 Å². The van der Waals surface area contributed by atoms with Crippen molar-refractivity contribution >= 4 is 15.9 Å². The zero-order valence-corrected chi connectivity index (χ0v) is 13.9. The molecule has 0 radical (unpaired) electrons. The molecule has 1 aromatic carbocycles. The van der Waals surface area contributed by atoms with Crippen LogP contribution in [-0.4, -0.2) is 62.7 Å². The number of amides is 1. The highest BCUT2D eigenvalue weighted by molar-refractivity contribution is 7.89. The van der Waals surface area contributed by atoms with Crippen molar-refractivity contribution in [1.82, 2.24) is 9.62 Å². The van der Waals surface area contributed by atoms with Crippen molar-refractivity contribution in [3.05, 3.63) is 29.8 Å². The molecule has 1 aliphatic rings. The molecule has 1 aromatic rings. The fourth-order valence-electron chi connectivity index (χ4n) is 2.28. The number of hydrogen-bond donors (Lipinski definition) is 2. The number of ether oxygens (including phenoxy) is 1. The van der Waals surface area contributed by atoms with Crippen LogP contribution in [0.4, 0.5) is 0 Å². The summed E-state index contributed by atoms with van der Waals surface area (Å²) in [6, 6.07) is 5.59. The number of aliphatic hydroxyl groups is 1. The number of aliphatic hydroxyl groups excluding tert-OH is 1. The van der Waals surface area contributed by atoms with Gasteiger partial charge in [0.25, 0.3) is 5.91 Å². The first-order chi connectivity index (χ1) is 11.0. The number of rotatable bonds is 6. The molecule has 0 spiro atoms. The molecule has 1 atom stereocenters. The van der Waals surface area contributed by atoms with Gasteiger partial charge in [-0.25, -0.2) is 8.42 Å². The highest BCUT2D eigenvalue weighted by Gasteiger charge is 2.27. The Balaban J connectivity index is 2.20. The van der Waals surface area contributed by atoms with Gasteiger partial charge in [0.2, 0.25) is 10.0 Å². The van der Waals surface area contributed by atoms with E-state index in [0.29, 0.717) is 32.7 Å². The Bertz CT molecular complexity index is 637. The summed E-state index contributed by atoms with van der Waals surface area (Å²) >= 11 is 0. The molecule has 23 heavy (non-hydrogen) atoms. The number of carbonyl (C=O) groups excluding carboxylic acids is 1. The predicted molar refractivity (Wildman–Crippen MR) is 84.7 cm³/mol. The van der Waals surface area contributed by atoms with E-state index in [1.807, 2.05) is 6.92 Å².